The van der Waals surface area contributed by atoms with Gasteiger partial charge in [0.2, 0.25) is 5.91 Å². The number of benzene rings is 1. The highest BCUT2D eigenvalue weighted by molar-refractivity contribution is 7.98. The Bertz CT molecular complexity index is 721. The fraction of sp³-hybridized carbons (Fsp3) is 0.652. The van der Waals surface area contributed by atoms with Gasteiger partial charge in [-0.3, -0.25) is 19.4 Å². The number of piperazine rings is 1. The monoisotopic (exact) mass is 430 g/mol. The maximum absolute atomic E-state index is 12.7. The van der Waals surface area contributed by atoms with E-state index in [2.05, 4.69) is 15.1 Å². The Morgan fingerprint density at radius 1 is 0.967 bits per heavy atom. The Balaban J connectivity index is 1.16. The molecule has 1 aromatic carbocycles. The van der Waals surface area contributed by atoms with Crippen molar-refractivity contribution in [2.24, 2.45) is 0 Å². The third kappa shape index (κ3) is 5.37. The SMILES string of the molecule is CSc1ccc(C(=O)NC2CCN(CC(=O)N3CCN(C4CCC4)CC3)CC2)cc1. The number of nitrogens with zero attached hydrogens (tertiary/aromatic N) is 3. The molecule has 30 heavy (non-hydrogen) atoms. The van der Waals surface area contributed by atoms with Crippen LogP contribution in [-0.4, -0.2) is 90.7 Å². The van der Waals surface area contributed by atoms with Crippen LogP contribution < -0.4 is 5.32 Å². The Kier molecular flexibility index (Phi) is 7.33. The lowest BCUT2D eigenvalue weighted by atomic mass is 9.91. The first-order valence-electron chi connectivity index (χ1n) is 11.3. The van der Waals surface area contributed by atoms with E-state index in [1.807, 2.05) is 35.4 Å². The predicted octanol–water partition coefficient (Wildman–Crippen LogP) is 2.30. The molecule has 0 spiro atoms. The molecule has 2 saturated heterocycles. The maximum atomic E-state index is 12.7. The van der Waals surface area contributed by atoms with Crippen LogP contribution in [0.3, 0.4) is 0 Å². The summed E-state index contributed by atoms with van der Waals surface area (Å²) in [6.07, 6.45) is 7.87. The molecule has 0 radical (unpaired) electrons. The lowest BCUT2D eigenvalue weighted by Gasteiger charge is -2.43. The molecule has 1 saturated carbocycles. The molecule has 2 aliphatic heterocycles. The van der Waals surface area contributed by atoms with Crippen molar-refractivity contribution in [2.45, 2.75) is 49.1 Å². The summed E-state index contributed by atoms with van der Waals surface area (Å²) in [7, 11) is 0. The lowest BCUT2D eigenvalue weighted by molar-refractivity contribution is -0.135. The van der Waals surface area contributed by atoms with E-state index >= 15 is 0 Å². The molecule has 164 valence electrons. The first kappa shape index (κ1) is 21.7. The molecule has 1 N–H and O–H groups in total. The van der Waals surface area contributed by atoms with Crippen molar-refractivity contribution < 1.29 is 9.59 Å². The van der Waals surface area contributed by atoms with Crippen molar-refractivity contribution in [3.63, 3.8) is 0 Å². The van der Waals surface area contributed by atoms with Crippen LogP contribution in [0.15, 0.2) is 29.2 Å². The van der Waals surface area contributed by atoms with Crippen molar-refractivity contribution in [3.05, 3.63) is 29.8 Å². The zero-order valence-electron chi connectivity index (χ0n) is 18.0. The summed E-state index contributed by atoms with van der Waals surface area (Å²) in [4.78, 5) is 33.2. The molecule has 2 heterocycles. The molecule has 2 amide bonds. The molecule has 1 aromatic rings. The smallest absolute Gasteiger partial charge is 0.251 e. The van der Waals surface area contributed by atoms with Crippen molar-refractivity contribution in [1.82, 2.24) is 20.0 Å². The number of thioether (sulfide) groups is 1. The van der Waals surface area contributed by atoms with E-state index in [4.69, 9.17) is 0 Å². The summed E-state index contributed by atoms with van der Waals surface area (Å²) in [5, 5.41) is 3.16. The fourth-order valence-corrected chi connectivity index (χ4v) is 5.03. The van der Waals surface area contributed by atoms with Crippen molar-refractivity contribution >= 4 is 23.6 Å². The largest absolute Gasteiger partial charge is 0.349 e. The number of nitrogens with one attached hydrogen (secondary N) is 1. The van der Waals surface area contributed by atoms with Gasteiger partial charge in [0.05, 0.1) is 6.54 Å². The van der Waals surface area contributed by atoms with Gasteiger partial charge in [-0.25, -0.2) is 0 Å². The number of piperidine rings is 1. The molecule has 0 unspecified atom stereocenters. The highest BCUT2D eigenvalue weighted by atomic mass is 32.2. The standard InChI is InChI=1S/C23H34N4O2S/c1-30-21-7-5-18(6-8-21)23(29)24-19-9-11-25(12-10-19)17-22(28)27-15-13-26(14-16-27)20-3-2-4-20/h5-8,19-20H,2-4,9-17H2,1H3,(H,24,29). The summed E-state index contributed by atoms with van der Waals surface area (Å²) in [6, 6.07) is 8.72. The van der Waals surface area contributed by atoms with E-state index in [1.165, 1.54) is 19.3 Å². The Labute approximate surface area is 184 Å². The Hall–Kier alpha value is -1.57. The first-order valence-corrected chi connectivity index (χ1v) is 12.5. The fourth-order valence-electron chi connectivity index (χ4n) is 4.63. The number of hydrogen-bond donors (Lipinski definition) is 1. The van der Waals surface area contributed by atoms with Gasteiger partial charge in [-0.15, -0.1) is 11.8 Å². The van der Waals surface area contributed by atoms with Gasteiger partial charge in [-0.05, 0) is 56.2 Å². The molecule has 1 aliphatic carbocycles. The van der Waals surface area contributed by atoms with Gasteiger partial charge in [-0.2, -0.15) is 0 Å². The summed E-state index contributed by atoms with van der Waals surface area (Å²) in [5.41, 5.74) is 0.714. The van der Waals surface area contributed by atoms with Crippen LogP contribution in [0.2, 0.25) is 0 Å². The first-order chi connectivity index (χ1) is 14.6. The van der Waals surface area contributed by atoms with Crippen LogP contribution >= 0.6 is 11.8 Å². The average Bonchev–Trinajstić information content (AvgIpc) is 2.74. The number of rotatable bonds is 6. The van der Waals surface area contributed by atoms with Crippen LogP contribution in [-0.2, 0) is 4.79 Å². The number of hydrogen-bond acceptors (Lipinski definition) is 5. The minimum absolute atomic E-state index is 0.00140. The third-order valence-electron chi connectivity index (χ3n) is 6.89. The van der Waals surface area contributed by atoms with Crippen molar-refractivity contribution in [1.29, 1.82) is 0 Å². The Morgan fingerprint density at radius 2 is 1.63 bits per heavy atom. The highest BCUT2D eigenvalue weighted by Gasteiger charge is 2.30. The number of carbonyl (C=O) groups is 2. The van der Waals surface area contributed by atoms with E-state index in [9.17, 15) is 9.59 Å². The van der Waals surface area contributed by atoms with Gasteiger partial charge in [0.1, 0.15) is 0 Å². The average molecular weight is 431 g/mol. The summed E-state index contributed by atoms with van der Waals surface area (Å²) in [5.74, 6) is 0.265. The summed E-state index contributed by atoms with van der Waals surface area (Å²) < 4.78 is 0. The van der Waals surface area contributed by atoms with Crippen LogP contribution in [0.25, 0.3) is 0 Å². The van der Waals surface area contributed by atoms with Gasteiger partial charge in [-0.1, -0.05) is 6.42 Å². The molecular formula is C23H34N4O2S. The second-order valence-corrected chi connectivity index (χ2v) is 9.63. The molecule has 7 heteroatoms. The van der Waals surface area contributed by atoms with Crippen molar-refractivity contribution in [2.75, 3.05) is 52.1 Å². The van der Waals surface area contributed by atoms with Gasteiger partial charge in [0.25, 0.3) is 5.91 Å². The van der Waals surface area contributed by atoms with Crippen LogP contribution in [0.4, 0.5) is 0 Å². The second-order valence-electron chi connectivity index (χ2n) is 8.75. The van der Waals surface area contributed by atoms with E-state index < -0.39 is 0 Å². The van der Waals surface area contributed by atoms with Crippen LogP contribution in [0, 0.1) is 0 Å². The number of amides is 2. The van der Waals surface area contributed by atoms with E-state index in [-0.39, 0.29) is 17.9 Å². The number of carbonyl (C=O) groups excluding carboxylic acids is 2. The minimum atomic E-state index is 0.00140. The topological polar surface area (TPSA) is 55.9 Å². The van der Waals surface area contributed by atoms with Gasteiger partial charge in [0.15, 0.2) is 0 Å². The lowest BCUT2D eigenvalue weighted by Crippen LogP contribution is -2.55. The molecule has 3 fully saturated rings. The Morgan fingerprint density at radius 3 is 2.20 bits per heavy atom. The van der Waals surface area contributed by atoms with E-state index in [1.54, 1.807) is 11.8 Å². The zero-order chi connectivity index (χ0) is 20.9. The third-order valence-corrected chi connectivity index (χ3v) is 7.64. The highest BCUT2D eigenvalue weighted by Crippen LogP contribution is 2.25. The van der Waals surface area contributed by atoms with Gasteiger partial charge in [0, 0.05) is 61.8 Å². The number of likely N-dealkylation sites (tertiary alicyclic amines) is 1. The predicted molar refractivity (Wildman–Crippen MR) is 121 cm³/mol. The molecule has 4 rings (SSSR count). The molecule has 0 bridgehead atoms. The molecule has 0 atom stereocenters. The second kappa shape index (κ2) is 10.2. The zero-order valence-corrected chi connectivity index (χ0v) is 18.8. The maximum Gasteiger partial charge on any atom is 0.251 e. The van der Waals surface area contributed by atoms with Gasteiger partial charge >= 0.3 is 0 Å². The quantitative estimate of drug-likeness (QED) is 0.702. The van der Waals surface area contributed by atoms with Crippen LogP contribution in [0.1, 0.15) is 42.5 Å². The van der Waals surface area contributed by atoms with Crippen LogP contribution in [0.5, 0.6) is 0 Å². The van der Waals surface area contributed by atoms with Gasteiger partial charge < -0.3 is 10.2 Å². The van der Waals surface area contributed by atoms with E-state index in [0.29, 0.717) is 12.1 Å². The van der Waals surface area contributed by atoms with E-state index in [0.717, 1.165) is 63.0 Å². The molecule has 6 nitrogen and oxygen atoms in total. The normalized spacial score (nSPS) is 22.0. The summed E-state index contributed by atoms with van der Waals surface area (Å²) in [6.45, 7) is 6.05. The minimum Gasteiger partial charge on any atom is -0.349 e. The van der Waals surface area contributed by atoms with Crippen molar-refractivity contribution in [3.8, 4) is 0 Å². The molecule has 0 aromatic heterocycles. The summed E-state index contributed by atoms with van der Waals surface area (Å²) >= 11 is 1.67. The molecular weight excluding hydrogens is 396 g/mol. The molecule has 3 aliphatic rings.